The first kappa shape index (κ1) is 46.5. The number of benzene rings is 3. The van der Waals surface area contributed by atoms with E-state index in [0.29, 0.717) is 12.2 Å². The second-order valence-electron chi connectivity index (χ2n) is 15.8. The molecule has 9 atom stereocenters. The number of carbonyl (C=O) groups excluding carboxylic acids is 2. The predicted octanol–water partition coefficient (Wildman–Crippen LogP) is 4.79. The number of fused-ring (bicyclic) bond motifs is 2. The minimum absolute atomic E-state index is 0.0333. The number of aldehydes is 1. The topological polar surface area (TPSA) is 264 Å². The highest BCUT2D eigenvalue weighted by molar-refractivity contribution is 8.76. The number of aromatic amines is 1. The van der Waals surface area contributed by atoms with Gasteiger partial charge in [0.05, 0.1) is 10.9 Å². The molecule has 9 N–H and O–H groups in total. The lowest BCUT2D eigenvalue weighted by Crippen LogP contribution is -2.82. The SMILES string of the molecule is CCc1ccccc1C=CCC(C)C1CNC(O)C2(O)C(Oc3ccc4c(=O)c(-c5ccc(O)cc5)c(C(N)=O)oc4c3)OC(C(=O)O)C(O)C2(C=O)OCSSCC1c1cc[nH]c1. The lowest BCUT2D eigenvalue weighted by atomic mass is 9.72. The summed E-state index contributed by atoms with van der Waals surface area (Å²) in [6.07, 6.45) is 0.403. The van der Waals surface area contributed by atoms with Crippen LogP contribution >= 0.6 is 21.6 Å². The summed E-state index contributed by atoms with van der Waals surface area (Å²) in [7, 11) is 2.58. The number of phenolic OH excluding ortho intramolecular Hbond substituents is 1. The zero-order chi connectivity index (χ0) is 45.8. The van der Waals surface area contributed by atoms with Crippen LogP contribution < -0.4 is 21.2 Å². The number of amides is 1. The molecule has 2 aliphatic heterocycles. The van der Waals surface area contributed by atoms with Crippen molar-refractivity contribution >= 4 is 56.8 Å². The van der Waals surface area contributed by atoms with E-state index in [1.54, 1.807) is 0 Å². The number of carboxylic acids is 1. The fourth-order valence-electron chi connectivity index (χ4n) is 8.50. The molecule has 0 spiro atoms. The summed E-state index contributed by atoms with van der Waals surface area (Å²) in [6, 6.07) is 19.2. The second kappa shape index (κ2) is 19.7. The molecule has 7 rings (SSSR count). The average Bonchev–Trinajstić information content (AvgIpc) is 3.82. The third kappa shape index (κ3) is 8.96. The average molecular weight is 916 g/mol. The number of hydrogen-bond acceptors (Lipinski definition) is 15. The maximum atomic E-state index is 13.8. The van der Waals surface area contributed by atoms with E-state index in [-0.39, 0.29) is 70.1 Å². The number of aliphatic hydroxyl groups is 3. The quantitative estimate of drug-likeness (QED) is 0.0618. The van der Waals surface area contributed by atoms with Crippen LogP contribution in [0.3, 0.4) is 0 Å². The number of aromatic hydroxyl groups is 1. The van der Waals surface area contributed by atoms with Crippen molar-refractivity contribution in [3.05, 3.63) is 124 Å². The molecule has 2 saturated heterocycles. The Bertz CT molecular complexity index is 2550. The summed E-state index contributed by atoms with van der Waals surface area (Å²) < 4.78 is 23.7. The lowest BCUT2D eigenvalue weighted by Gasteiger charge is -2.55. The molecule has 0 aliphatic carbocycles. The summed E-state index contributed by atoms with van der Waals surface area (Å²) in [5.74, 6) is -3.87. The van der Waals surface area contributed by atoms with Gasteiger partial charge in [0.15, 0.2) is 18.0 Å². The Balaban J connectivity index is 1.27. The van der Waals surface area contributed by atoms with Crippen LogP contribution in [0.4, 0.5) is 0 Å². The van der Waals surface area contributed by atoms with Gasteiger partial charge in [0, 0.05) is 30.8 Å². The van der Waals surface area contributed by atoms with Crippen LogP contribution in [0.5, 0.6) is 11.5 Å². The van der Waals surface area contributed by atoms with Crippen molar-refractivity contribution in [3.63, 3.8) is 0 Å². The Kier molecular flexibility index (Phi) is 14.4. The van der Waals surface area contributed by atoms with E-state index in [2.05, 4.69) is 48.4 Å². The molecule has 2 fully saturated rings. The Morgan fingerprint density at radius 3 is 2.53 bits per heavy atom. The zero-order valence-electron chi connectivity index (χ0n) is 34.8. The van der Waals surface area contributed by atoms with E-state index >= 15 is 0 Å². The van der Waals surface area contributed by atoms with Crippen molar-refractivity contribution in [2.45, 2.75) is 68.5 Å². The Hall–Kier alpha value is -5.44. The number of ether oxygens (including phenoxy) is 3. The van der Waals surface area contributed by atoms with E-state index in [1.807, 2.05) is 30.6 Å². The first-order chi connectivity index (χ1) is 30.7. The smallest absolute Gasteiger partial charge is 0.335 e. The number of primary amides is 1. The molecule has 2 aromatic heterocycles. The molecule has 1 amide bonds. The van der Waals surface area contributed by atoms with Gasteiger partial charge in [-0.2, -0.15) is 0 Å². The lowest BCUT2D eigenvalue weighted by molar-refractivity contribution is -0.364. The van der Waals surface area contributed by atoms with Crippen molar-refractivity contribution < 1.29 is 58.5 Å². The molecule has 0 radical (unpaired) electrons. The van der Waals surface area contributed by atoms with E-state index < -0.39 is 59.0 Å². The fourth-order valence-corrected chi connectivity index (χ4v) is 10.6. The Morgan fingerprint density at radius 2 is 1.84 bits per heavy atom. The molecule has 18 heteroatoms. The summed E-state index contributed by atoms with van der Waals surface area (Å²) >= 11 is 0. The molecule has 5 aromatic rings. The number of nitrogens with one attached hydrogen (secondary N) is 2. The number of phenols is 1. The molecule has 3 aromatic carbocycles. The van der Waals surface area contributed by atoms with Crippen LogP contribution in [0.15, 0.2) is 100 Å². The van der Waals surface area contributed by atoms with Crippen LogP contribution in [0.1, 0.15) is 53.4 Å². The number of hydrogen-bond donors (Lipinski definition) is 8. The van der Waals surface area contributed by atoms with Gasteiger partial charge < -0.3 is 54.9 Å². The van der Waals surface area contributed by atoms with E-state index in [9.17, 15) is 44.7 Å². The van der Waals surface area contributed by atoms with Crippen molar-refractivity contribution in [2.24, 2.45) is 17.6 Å². The number of carboxylic acid groups (broad SMARTS) is 1. The van der Waals surface area contributed by atoms with Gasteiger partial charge in [0.2, 0.25) is 23.1 Å². The van der Waals surface area contributed by atoms with Gasteiger partial charge in [-0.1, -0.05) is 84.0 Å². The third-order valence-corrected chi connectivity index (χ3v) is 14.1. The van der Waals surface area contributed by atoms with Gasteiger partial charge >= 0.3 is 5.97 Å². The van der Waals surface area contributed by atoms with Crippen LogP contribution in [0.2, 0.25) is 0 Å². The number of aliphatic carboxylic acids is 1. The molecule has 2 aliphatic rings. The number of allylic oxidation sites excluding steroid dienone is 1. The van der Waals surface area contributed by atoms with Gasteiger partial charge in [-0.15, -0.1) is 0 Å². The minimum atomic E-state index is -3.08. The molecular formula is C46H49N3O13S2. The van der Waals surface area contributed by atoms with Crippen LogP contribution in [-0.4, -0.2) is 103 Å². The van der Waals surface area contributed by atoms with Crippen LogP contribution in [-0.2, 0) is 25.5 Å². The molecular weight excluding hydrogens is 867 g/mol. The molecule has 0 bridgehead atoms. The number of carbonyl (C=O) groups is 3. The normalized spacial score (nSPS) is 27.2. The maximum Gasteiger partial charge on any atom is 0.335 e. The number of aliphatic hydroxyl groups excluding tert-OH is 2. The van der Waals surface area contributed by atoms with Gasteiger partial charge in [-0.3, -0.25) is 19.7 Å². The summed E-state index contributed by atoms with van der Waals surface area (Å²) in [5, 5.41) is 59.7. The summed E-state index contributed by atoms with van der Waals surface area (Å²) in [4.78, 5) is 55.6. The number of aromatic nitrogens is 1. The van der Waals surface area contributed by atoms with Crippen molar-refractivity contribution in [1.29, 1.82) is 0 Å². The molecule has 4 heterocycles. The monoisotopic (exact) mass is 915 g/mol. The number of nitrogens with two attached hydrogens (primary N) is 1. The number of H-pyrrole nitrogens is 1. The number of rotatable bonds is 12. The maximum absolute atomic E-state index is 13.8. The van der Waals surface area contributed by atoms with E-state index in [1.165, 1.54) is 52.8 Å². The van der Waals surface area contributed by atoms with Crippen LogP contribution in [0.25, 0.3) is 28.2 Å². The standard InChI is InChI=1S/C46H49N3O13S2/c1-3-26-8-4-5-9-27(26)10-6-7-25(2)33-21-49-43(57)46(58)44(62-39(42(55)56)40(53)45(46,23-50)59-24-64-63-22-34(33)29-17-18-48-20-29)60-31-15-16-32-35(19-31)61-38(41(47)54)36(37(32)52)28-11-13-30(51)14-12-28/h4-6,8-20,23,25,33-34,39-40,43-44,48-49,51,53,57-58H,3,7,21-22,24H2,1-2H3,(H2,47,54)(H,55,56). The predicted molar refractivity (Wildman–Crippen MR) is 240 cm³/mol. The largest absolute Gasteiger partial charge is 0.508 e. The fraction of sp³-hybridized carbons (Fsp3) is 0.348. The Morgan fingerprint density at radius 1 is 1.08 bits per heavy atom. The van der Waals surface area contributed by atoms with Crippen LogP contribution in [0, 0.1) is 11.8 Å². The number of aryl methyl sites for hydroxylation is 1. The van der Waals surface area contributed by atoms with Crippen molar-refractivity contribution in [2.75, 3.05) is 18.2 Å². The second-order valence-corrected chi connectivity index (χ2v) is 18.2. The molecule has 64 heavy (non-hydrogen) atoms. The molecule has 338 valence electrons. The van der Waals surface area contributed by atoms with E-state index in [4.69, 9.17) is 24.4 Å². The molecule has 9 unspecified atom stereocenters. The highest BCUT2D eigenvalue weighted by atomic mass is 33.1. The van der Waals surface area contributed by atoms with Crippen molar-refractivity contribution in [3.8, 4) is 22.6 Å². The Labute approximate surface area is 375 Å². The van der Waals surface area contributed by atoms with Gasteiger partial charge in [-0.25, -0.2) is 4.79 Å². The van der Waals surface area contributed by atoms with Gasteiger partial charge in [-0.05, 0) is 83.2 Å². The summed E-state index contributed by atoms with van der Waals surface area (Å²) in [6.45, 7) is 4.21. The summed E-state index contributed by atoms with van der Waals surface area (Å²) in [5.41, 5.74) is 2.16. The zero-order valence-corrected chi connectivity index (χ0v) is 36.4. The highest BCUT2D eigenvalue weighted by Gasteiger charge is 2.72. The molecule has 0 saturated carbocycles. The van der Waals surface area contributed by atoms with Gasteiger partial charge in [0.25, 0.3) is 5.91 Å². The first-order valence-electron chi connectivity index (χ1n) is 20.5. The van der Waals surface area contributed by atoms with Crippen molar-refractivity contribution in [1.82, 2.24) is 10.3 Å². The first-order valence-corrected chi connectivity index (χ1v) is 23.0. The molecule has 16 nitrogen and oxygen atoms in total. The minimum Gasteiger partial charge on any atom is -0.508 e. The van der Waals surface area contributed by atoms with Gasteiger partial charge in [0.1, 0.15) is 35.4 Å². The highest BCUT2D eigenvalue weighted by Crippen LogP contribution is 2.46. The third-order valence-electron chi connectivity index (χ3n) is 12.1. The van der Waals surface area contributed by atoms with E-state index in [0.717, 1.165) is 34.4 Å².